The molecule has 2 aromatic rings. The standard InChI is InChI=1S/C71H107N11O21S3/c1-70(2,3)101-68(91)77-66-73-55-45-104-57(62(55)75-66)23-15-13-19-51(83)17-9-7-11-21-53(85)40-47-37-48(41-54(86)22-12-8-10-18-52(84)20-14-16-24-58-63-56(46-105-58)74-67(76-63)78-69(92)102-71(4,5)6)39-49(38-47)64(89)72-26-29-100-44-50-43-81(80-79-50)27-30-97-32-34-99-36-35-98-33-31-96-28-25-61(88)103-82-60(87)42-59(65(82)90)106(93,94)95/h37-39,43,55-59,62-63H,7-36,40-42,44-46H2,1-6H3,(H,72,89)(H,93,94,95)(H2,73,75,77,91)(H2,74,76,78,92). The summed E-state index contributed by atoms with van der Waals surface area (Å²) in [6, 6.07) is 5.60. The number of amides is 5. The normalized spacial score (nSPS) is 19.8. The fourth-order valence-electron chi connectivity index (χ4n) is 12.3. The minimum atomic E-state index is -4.83. The maximum atomic E-state index is 13.7. The zero-order valence-corrected chi connectivity index (χ0v) is 64.3. The Bertz CT molecular complexity index is 3340. The van der Waals surface area contributed by atoms with Crippen LogP contribution in [0.2, 0.25) is 0 Å². The quantitative estimate of drug-likeness (QED) is 0.0243. The number of nitrogens with one attached hydrogen (secondary N) is 5. The molecule has 0 saturated carbocycles. The van der Waals surface area contributed by atoms with Crippen molar-refractivity contribution in [1.29, 1.82) is 0 Å². The number of aliphatic imine (C=N–C) groups is 2. The van der Waals surface area contributed by atoms with E-state index in [4.69, 9.17) is 47.7 Å². The second kappa shape index (κ2) is 43.9. The number of hydrogen-bond acceptors (Lipinski definition) is 28. The number of fused-ring (bicyclic) bond motifs is 2. The third-order valence-electron chi connectivity index (χ3n) is 17.3. The SMILES string of the molecule is CC(C)(C)OC(=O)NC1=NC2C(CSC2CCCCC(=O)CCCCCC(=O)Cc2cc(CC(=O)CCCCCC(=O)CCCCC3SCC4NC(NC(=O)OC(C)(C)C)=NC43)cc(C(=O)NCCOCc3cn(CCOCCOCCOCCOCCC(=O)ON4C(=O)CC(S(=O)(=O)O)C4=O)nn3)c2)N1. The van der Waals surface area contributed by atoms with E-state index in [9.17, 15) is 56.4 Å². The van der Waals surface area contributed by atoms with Crippen molar-refractivity contribution in [3.8, 4) is 0 Å². The summed E-state index contributed by atoms with van der Waals surface area (Å²) < 4.78 is 71.6. The van der Waals surface area contributed by atoms with E-state index in [0.29, 0.717) is 135 Å². The summed E-state index contributed by atoms with van der Waals surface area (Å²) in [5.41, 5.74) is 0.900. The number of unbranched alkanes of at least 4 members (excludes halogenated alkanes) is 6. The van der Waals surface area contributed by atoms with Crippen molar-refractivity contribution in [2.45, 2.75) is 247 Å². The number of ketones is 4. The first kappa shape index (κ1) is 86.2. The minimum Gasteiger partial charge on any atom is -0.444 e. The molecule has 32 nitrogen and oxygen atoms in total. The number of guanidine groups is 2. The average molecular weight is 1550 g/mol. The van der Waals surface area contributed by atoms with Crippen molar-refractivity contribution in [1.82, 2.24) is 46.6 Å². The van der Waals surface area contributed by atoms with Crippen LogP contribution in [0.4, 0.5) is 9.59 Å². The Morgan fingerprint density at radius 1 is 0.585 bits per heavy atom. The number of thioether (sulfide) groups is 2. The molecule has 3 fully saturated rings. The van der Waals surface area contributed by atoms with E-state index in [1.54, 1.807) is 64.6 Å². The van der Waals surface area contributed by atoms with Crippen LogP contribution in [-0.2, 0) is 108 Å². The van der Waals surface area contributed by atoms with Crippen molar-refractivity contribution >= 4 is 105 Å². The van der Waals surface area contributed by atoms with Gasteiger partial charge in [-0.3, -0.25) is 48.7 Å². The second-order valence-electron chi connectivity index (χ2n) is 28.8. The zero-order valence-electron chi connectivity index (χ0n) is 61.8. The largest absolute Gasteiger partial charge is 0.444 e. The van der Waals surface area contributed by atoms with Gasteiger partial charge in [-0.2, -0.15) is 31.9 Å². The summed E-state index contributed by atoms with van der Waals surface area (Å²) in [4.78, 5) is 141. The molecule has 7 atom stereocenters. The molecular formula is C71H107N11O21S3. The number of hydrogen-bond donors (Lipinski definition) is 6. The predicted octanol–water partition coefficient (Wildman–Crippen LogP) is 6.21. The molecule has 1 aromatic carbocycles. The Hall–Kier alpha value is -6.99. The number of carbonyl (C=O) groups excluding carboxylic acids is 10. The highest BCUT2D eigenvalue weighted by Gasteiger charge is 2.49. The maximum Gasteiger partial charge on any atom is 0.414 e. The van der Waals surface area contributed by atoms with Gasteiger partial charge < -0.3 is 53.9 Å². The van der Waals surface area contributed by atoms with Crippen LogP contribution in [0, 0.1) is 0 Å². The van der Waals surface area contributed by atoms with Gasteiger partial charge in [0.25, 0.3) is 27.8 Å². The number of nitrogens with zero attached hydrogens (tertiary/aromatic N) is 6. The Morgan fingerprint density at radius 2 is 1.05 bits per heavy atom. The van der Waals surface area contributed by atoms with Crippen LogP contribution in [0.15, 0.2) is 34.4 Å². The van der Waals surface area contributed by atoms with Crippen molar-refractivity contribution in [2.24, 2.45) is 9.98 Å². The highest BCUT2D eigenvalue weighted by atomic mass is 32.2. The number of imide groups is 1. The highest BCUT2D eigenvalue weighted by Crippen LogP contribution is 2.37. The molecule has 6 heterocycles. The van der Waals surface area contributed by atoms with E-state index in [2.05, 4.69) is 41.7 Å². The van der Waals surface area contributed by atoms with E-state index in [1.807, 2.05) is 29.6 Å². The van der Waals surface area contributed by atoms with Gasteiger partial charge in [0.15, 0.2) is 5.25 Å². The first-order valence-electron chi connectivity index (χ1n) is 36.8. The Kier molecular flexibility index (Phi) is 35.7. The van der Waals surface area contributed by atoms with E-state index < -0.39 is 63.0 Å². The van der Waals surface area contributed by atoms with Crippen LogP contribution in [-0.4, -0.2) is 233 Å². The van der Waals surface area contributed by atoms with E-state index in [0.717, 1.165) is 62.9 Å². The summed E-state index contributed by atoms with van der Waals surface area (Å²) in [5, 5.41) is 21.8. The third-order valence-corrected chi connectivity index (χ3v) is 21.4. The predicted molar refractivity (Wildman–Crippen MR) is 392 cm³/mol. The number of rotatable bonds is 49. The van der Waals surface area contributed by atoms with Gasteiger partial charge in [-0.25, -0.2) is 29.1 Å². The first-order chi connectivity index (χ1) is 50.5. The van der Waals surface area contributed by atoms with Crippen LogP contribution in [0.25, 0.3) is 0 Å². The lowest BCUT2D eigenvalue weighted by Gasteiger charge is -2.19. The molecule has 590 valence electrons. The molecule has 106 heavy (non-hydrogen) atoms. The van der Waals surface area contributed by atoms with Gasteiger partial charge in [0.05, 0.1) is 116 Å². The molecule has 0 radical (unpaired) electrons. The smallest absolute Gasteiger partial charge is 0.414 e. The zero-order chi connectivity index (χ0) is 76.7. The van der Waals surface area contributed by atoms with Crippen LogP contribution in [0.5, 0.6) is 0 Å². The van der Waals surface area contributed by atoms with Gasteiger partial charge in [-0.1, -0.05) is 37.0 Å². The molecule has 5 amide bonds. The molecule has 5 aliphatic rings. The molecule has 5 aliphatic heterocycles. The van der Waals surface area contributed by atoms with Gasteiger partial charge in [0.1, 0.15) is 40.0 Å². The maximum absolute atomic E-state index is 13.7. The third kappa shape index (κ3) is 32.1. The van der Waals surface area contributed by atoms with E-state index >= 15 is 0 Å². The number of hydroxylamine groups is 2. The summed E-state index contributed by atoms with van der Waals surface area (Å²) in [6.07, 6.45) is 11.4. The molecule has 35 heteroatoms. The first-order valence-corrected chi connectivity index (χ1v) is 40.4. The van der Waals surface area contributed by atoms with Crippen LogP contribution < -0.4 is 26.6 Å². The topological polar surface area (TPSA) is 418 Å². The molecule has 6 N–H and O–H groups in total. The highest BCUT2D eigenvalue weighted by molar-refractivity contribution is 8.00. The van der Waals surface area contributed by atoms with Crippen molar-refractivity contribution in [2.75, 3.05) is 77.5 Å². The number of aromatic nitrogens is 3. The second-order valence-corrected chi connectivity index (χ2v) is 32.9. The Labute approximate surface area is 628 Å². The van der Waals surface area contributed by atoms with E-state index in [1.165, 1.54) is 0 Å². The lowest BCUT2D eigenvalue weighted by atomic mass is 9.96. The molecule has 7 rings (SSSR count). The average Bonchev–Trinajstić information content (AvgIpc) is 1.71. The molecule has 0 bridgehead atoms. The Morgan fingerprint density at radius 3 is 1.52 bits per heavy atom. The molecular weight excluding hydrogens is 1440 g/mol. The van der Waals surface area contributed by atoms with Gasteiger partial charge in [-0.05, 0) is 116 Å². The summed E-state index contributed by atoms with van der Waals surface area (Å²) in [7, 11) is -4.83. The Balaban J connectivity index is 0.752. The monoisotopic (exact) mass is 1550 g/mol. The summed E-state index contributed by atoms with van der Waals surface area (Å²) in [5.74, 6) is -0.769. The fraction of sp³-hybridized carbons (Fsp3) is 0.718. The van der Waals surface area contributed by atoms with E-state index in [-0.39, 0.29) is 130 Å². The van der Waals surface area contributed by atoms with Gasteiger partial charge in [-0.15, -0.1) is 10.2 Å². The minimum absolute atomic E-state index is 0.0115. The molecule has 1 aromatic heterocycles. The van der Waals surface area contributed by atoms with Crippen molar-refractivity contribution in [3.05, 3.63) is 46.8 Å². The van der Waals surface area contributed by atoms with Crippen molar-refractivity contribution in [3.63, 3.8) is 0 Å². The van der Waals surface area contributed by atoms with Crippen LogP contribution >= 0.6 is 23.5 Å². The van der Waals surface area contributed by atoms with Crippen molar-refractivity contribution < 1.29 is 98.9 Å². The van der Waals surface area contributed by atoms with Crippen LogP contribution in [0.1, 0.15) is 197 Å². The number of alkyl carbamates (subject to hydrolysis) is 2. The number of Topliss-reactive ketones (excluding diaryl/α,β-unsaturated/α-hetero) is 4. The number of carbonyl (C=O) groups is 10. The van der Waals surface area contributed by atoms with Gasteiger partial charge in [0.2, 0.25) is 11.9 Å². The molecule has 3 saturated heterocycles. The molecule has 7 unspecified atom stereocenters. The van der Waals surface area contributed by atoms with Crippen LogP contribution in [0.3, 0.4) is 0 Å². The van der Waals surface area contributed by atoms with Gasteiger partial charge in [0, 0.05) is 85.5 Å². The van der Waals surface area contributed by atoms with Gasteiger partial charge >= 0.3 is 18.2 Å². The summed E-state index contributed by atoms with van der Waals surface area (Å²) in [6.45, 7) is 13.4. The number of ether oxygens (including phenoxy) is 7. The fourth-order valence-corrected chi connectivity index (χ4v) is 16.0. The lowest BCUT2D eigenvalue weighted by molar-refractivity contribution is -0.198. The summed E-state index contributed by atoms with van der Waals surface area (Å²) >= 11 is 3.73. The molecule has 0 aliphatic carbocycles. The molecule has 0 spiro atoms. The lowest BCUT2D eigenvalue weighted by Crippen LogP contribution is -2.44. The number of benzene rings is 1.